The van der Waals surface area contributed by atoms with Crippen molar-refractivity contribution in [1.82, 2.24) is 10.0 Å². The average molecular weight is 383 g/mol. The van der Waals surface area contributed by atoms with E-state index in [0.717, 1.165) is 24.6 Å². The molecular weight excluding hydrogens is 350 g/mol. The van der Waals surface area contributed by atoms with Crippen LogP contribution in [0.4, 0.5) is 0 Å². The summed E-state index contributed by atoms with van der Waals surface area (Å²) in [7, 11) is -3.55. The highest BCUT2D eigenvalue weighted by molar-refractivity contribution is 7.89. The molecule has 7 heteroatoms. The molecule has 2 atom stereocenters. The Morgan fingerprint density at radius 3 is 2.62 bits per heavy atom. The first-order chi connectivity index (χ1) is 12.4. The summed E-state index contributed by atoms with van der Waals surface area (Å²) < 4.78 is 26.8. The average Bonchev–Trinajstić information content (AvgIpc) is 2.60. The van der Waals surface area contributed by atoms with Crippen molar-refractivity contribution in [2.75, 3.05) is 26.2 Å². The molecule has 1 fully saturated rings. The van der Waals surface area contributed by atoms with E-state index < -0.39 is 10.0 Å². The van der Waals surface area contributed by atoms with Gasteiger partial charge in [0, 0.05) is 25.9 Å². The van der Waals surface area contributed by atoms with Crippen LogP contribution >= 0.6 is 0 Å². The standard InChI is InChI=1S/C19H31N3O3S/c1-16-7-9-18(10-8-16)26(24,25)21-13-11-19(23)20-12-5-15-22-14-4-3-6-17(22)2/h7-10,17,21H,3-6,11-15H2,1-2H3,(H,20,23)/p+1/t17-/m1/s1. The van der Waals surface area contributed by atoms with E-state index in [0.29, 0.717) is 6.54 Å². The van der Waals surface area contributed by atoms with E-state index in [1.807, 2.05) is 6.92 Å². The predicted octanol–water partition coefficient (Wildman–Crippen LogP) is 0.627. The van der Waals surface area contributed by atoms with Gasteiger partial charge in [-0.2, -0.15) is 0 Å². The minimum atomic E-state index is -3.55. The van der Waals surface area contributed by atoms with E-state index >= 15 is 0 Å². The highest BCUT2D eigenvalue weighted by Gasteiger charge is 2.21. The molecule has 1 unspecified atom stereocenters. The Morgan fingerprint density at radius 2 is 1.92 bits per heavy atom. The molecule has 1 aromatic carbocycles. The van der Waals surface area contributed by atoms with Crippen molar-refractivity contribution in [3.8, 4) is 0 Å². The van der Waals surface area contributed by atoms with Gasteiger partial charge in [-0.15, -0.1) is 0 Å². The number of amides is 1. The number of hydrogen-bond donors (Lipinski definition) is 3. The Hall–Kier alpha value is -1.44. The molecule has 1 amide bonds. The Labute approximate surface area is 157 Å². The zero-order valence-electron chi connectivity index (χ0n) is 15.9. The SMILES string of the molecule is Cc1ccc(S(=O)(=O)NCCC(=O)NCCC[NH+]2CCCC[C@H]2C)cc1. The Morgan fingerprint density at radius 1 is 1.19 bits per heavy atom. The molecule has 2 rings (SSSR count). The van der Waals surface area contributed by atoms with Gasteiger partial charge in [-0.05, 0) is 45.2 Å². The molecule has 0 spiro atoms. The highest BCUT2D eigenvalue weighted by Crippen LogP contribution is 2.09. The van der Waals surface area contributed by atoms with Crippen LogP contribution in [0.2, 0.25) is 0 Å². The van der Waals surface area contributed by atoms with Crippen LogP contribution in [0.25, 0.3) is 0 Å². The second-order valence-corrected chi connectivity index (χ2v) is 8.99. The van der Waals surface area contributed by atoms with Crippen LogP contribution in [-0.4, -0.2) is 46.5 Å². The van der Waals surface area contributed by atoms with Gasteiger partial charge in [0.05, 0.1) is 24.0 Å². The van der Waals surface area contributed by atoms with Crippen molar-refractivity contribution in [1.29, 1.82) is 0 Å². The summed E-state index contributed by atoms with van der Waals surface area (Å²) in [5.74, 6) is -0.113. The lowest BCUT2D eigenvalue weighted by atomic mass is 10.0. The topological polar surface area (TPSA) is 79.7 Å². The van der Waals surface area contributed by atoms with Gasteiger partial charge in [-0.25, -0.2) is 13.1 Å². The van der Waals surface area contributed by atoms with Gasteiger partial charge in [0.2, 0.25) is 15.9 Å². The van der Waals surface area contributed by atoms with Crippen molar-refractivity contribution in [3.63, 3.8) is 0 Å². The summed E-state index contributed by atoms with van der Waals surface area (Å²) in [5.41, 5.74) is 1.00. The summed E-state index contributed by atoms with van der Waals surface area (Å²) in [5, 5.41) is 2.88. The summed E-state index contributed by atoms with van der Waals surface area (Å²) in [6.45, 7) is 7.28. The second kappa shape index (κ2) is 10.0. The molecule has 0 bridgehead atoms. The van der Waals surface area contributed by atoms with Gasteiger partial charge in [-0.1, -0.05) is 17.7 Å². The normalized spacial score (nSPS) is 20.7. The predicted molar refractivity (Wildman–Crippen MR) is 103 cm³/mol. The number of likely N-dealkylation sites (tertiary alicyclic amines) is 1. The third kappa shape index (κ3) is 6.70. The zero-order valence-corrected chi connectivity index (χ0v) is 16.7. The van der Waals surface area contributed by atoms with Crippen LogP contribution < -0.4 is 14.9 Å². The Bertz CT molecular complexity index is 674. The molecule has 6 nitrogen and oxygen atoms in total. The van der Waals surface area contributed by atoms with Gasteiger partial charge < -0.3 is 10.2 Å². The Balaban J connectivity index is 1.62. The minimum Gasteiger partial charge on any atom is -0.356 e. The molecule has 0 aliphatic carbocycles. The number of benzene rings is 1. The van der Waals surface area contributed by atoms with Gasteiger partial charge in [-0.3, -0.25) is 4.79 Å². The molecule has 1 saturated heterocycles. The van der Waals surface area contributed by atoms with E-state index in [1.165, 1.54) is 25.8 Å². The highest BCUT2D eigenvalue weighted by atomic mass is 32.2. The maximum atomic E-state index is 12.1. The van der Waals surface area contributed by atoms with Crippen molar-refractivity contribution in [2.24, 2.45) is 0 Å². The van der Waals surface area contributed by atoms with Gasteiger partial charge in [0.25, 0.3) is 0 Å². The molecule has 0 radical (unpaired) electrons. The fraction of sp³-hybridized carbons (Fsp3) is 0.632. The molecule has 1 heterocycles. The number of nitrogens with one attached hydrogen (secondary N) is 3. The molecule has 0 saturated carbocycles. The third-order valence-corrected chi connectivity index (χ3v) is 6.53. The molecular formula is C19H32N3O3S+. The van der Waals surface area contributed by atoms with Crippen molar-refractivity contribution in [3.05, 3.63) is 29.8 Å². The fourth-order valence-electron chi connectivity index (χ4n) is 3.36. The lowest BCUT2D eigenvalue weighted by Gasteiger charge is -2.30. The summed E-state index contributed by atoms with van der Waals surface area (Å²) in [4.78, 5) is 13.7. The number of carbonyl (C=O) groups excluding carboxylic acids is 1. The largest absolute Gasteiger partial charge is 0.356 e. The number of sulfonamides is 1. The van der Waals surface area contributed by atoms with E-state index in [2.05, 4.69) is 17.0 Å². The van der Waals surface area contributed by atoms with Crippen molar-refractivity contribution in [2.45, 2.75) is 56.9 Å². The van der Waals surface area contributed by atoms with Crippen LogP contribution in [0.15, 0.2) is 29.2 Å². The third-order valence-electron chi connectivity index (χ3n) is 5.05. The quantitative estimate of drug-likeness (QED) is 0.548. The first-order valence-electron chi connectivity index (χ1n) is 9.56. The van der Waals surface area contributed by atoms with E-state index in [-0.39, 0.29) is 23.8 Å². The molecule has 146 valence electrons. The van der Waals surface area contributed by atoms with E-state index in [9.17, 15) is 13.2 Å². The molecule has 1 aliphatic rings. The van der Waals surface area contributed by atoms with Crippen LogP contribution in [0.5, 0.6) is 0 Å². The van der Waals surface area contributed by atoms with Crippen LogP contribution in [-0.2, 0) is 14.8 Å². The monoisotopic (exact) mass is 382 g/mol. The molecule has 1 aliphatic heterocycles. The Kier molecular flexibility index (Phi) is 8.06. The number of aryl methyl sites for hydroxylation is 1. The number of quaternary nitrogens is 1. The van der Waals surface area contributed by atoms with Crippen LogP contribution in [0.1, 0.15) is 44.6 Å². The fourth-order valence-corrected chi connectivity index (χ4v) is 4.39. The number of rotatable bonds is 9. The summed E-state index contributed by atoms with van der Waals surface area (Å²) >= 11 is 0. The molecule has 1 aromatic rings. The van der Waals surface area contributed by atoms with Crippen LogP contribution in [0.3, 0.4) is 0 Å². The first kappa shape index (κ1) is 20.9. The number of piperidine rings is 1. The van der Waals surface area contributed by atoms with Crippen molar-refractivity contribution >= 4 is 15.9 Å². The molecule has 0 aromatic heterocycles. The lowest BCUT2D eigenvalue weighted by molar-refractivity contribution is -0.928. The number of hydrogen-bond acceptors (Lipinski definition) is 3. The number of carbonyl (C=O) groups is 1. The van der Waals surface area contributed by atoms with Gasteiger partial charge in [0.1, 0.15) is 0 Å². The summed E-state index contributed by atoms with van der Waals surface area (Å²) in [6, 6.07) is 7.37. The zero-order chi connectivity index (χ0) is 19.0. The molecule has 26 heavy (non-hydrogen) atoms. The second-order valence-electron chi connectivity index (χ2n) is 7.22. The maximum absolute atomic E-state index is 12.1. The van der Waals surface area contributed by atoms with E-state index in [1.54, 1.807) is 29.2 Å². The smallest absolute Gasteiger partial charge is 0.240 e. The minimum absolute atomic E-state index is 0.108. The van der Waals surface area contributed by atoms with Gasteiger partial charge >= 0.3 is 0 Å². The summed E-state index contributed by atoms with van der Waals surface area (Å²) in [6.07, 6.45) is 5.04. The van der Waals surface area contributed by atoms with Gasteiger partial charge in [0.15, 0.2) is 0 Å². The molecule has 3 N–H and O–H groups in total. The lowest BCUT2D eigenvalue weighted by Crippen LogP contribution is -3.16. The van der Waals surface area contributed by atoms with Crippen LogP contribution in [0, 0.1) is 6.92 Å². The van der Waals surface area contributed by atoms with Crippen molar-refractivity contribution < 1.29 is 18.1 Å². The van der Waals surface area contributed by atoms with E-state index in [4.69, 9.17) is 0 Å². The maximum Gasteiger partial charge on any atom is 0.240 e. The first-order valence-corrected chi connectivity index (χ1v) is 11.0.